The second-order valence-corrected chi connectivity index (χ2v) is 4.14. The zero-order valence-corrected chi connectivity index (χ0v) is 10.3. The van der Waals surface area contributed by atoms with Crippen molar-refractivity contribution in [3.8, 4) is 0 Å². The number of carboxylic acid groups (broad SMARTS) is 1. The first-order chi connectivity index (χ1) is 8.56. The summed E-state index contributed by atoms with van der Waals surface area (Å²) in [5.41, 5.74) is 0. The summed E-state index contributed by atoms with van der Waals surface area (Å²) in [6, 6.07) is -0.775. The third kappa shape index (κ3) is 3.83. The topological polar surface area (TPSA) is 98.3 Å². The van der Waals surface area contributed by atoms with Gasteiger partial charge in [0.1, 0.15) is 12.2 Å². The van der Waals surface area contributed by atoms with Crippen molar-refractivity contribution < 1.29 is 14.8 Å². The van der Waals surface area contributed by atoms with Crippen molar-refractivity contribution in [1.29, 1.82) is 0 Å². The second-order valence-electron chi connectivity index (χ2n) is 4.14. The van der Waals surface area contributed by atoms with Crippen LogP contribution in [0.15, 0.2) is 12.5 Å². The van der Waals surface area contributed by atoms with Crippen molar-refractivity contribution >= 4 is 11.8 Å². The Bertz CT molecular complexity index is 416. The second kappa shape index (κ2) is 6.73. The van der Waals surface area contributed by atoms with E-state index in [-0.39, 0.29) is 5.82 Å². The molecule has 18 heavy (non-hydrogen) atoms. The molecule has 100 valence electrons. The highest BCUT2D eigenvalue weighted by molar-refractivity contribution is 5.71. The number of hydrogen-bond acceptors (Lipinski definition) is 4. The van der Waals surface area contributed by atoms with Crippen LogP contribution in [0.5, 0.6) is 0 Å². The minimum atomic E-state index is -0.987. The fourth-order valence-electron chi connectivity index (χ4n) is 1.76. The van der Waals surface area contributed by atoms with Gasteiger partial charge in [-0.05, 0) is 16.3 Å². The number of aliphatic carboxylic acids is 1. The summed E-state index contributed by atoms with van der Waals surface area (Å²) in [5.74, 6) is -1.31. The molecule has 0 aliphatic heterocycles. The van der Waals surface area contributed by atoms with Crippen molar-refractivity contribution in [3.05, 3.63) is 22.6 Å². The highest BCUT2D eigenvalue weighted by Crippen LogP contribution is 2.19. The summed E-state index contributed by atoms with van der Waals surface area (Å²) in [4.78, 5) is 24.5. The quantitative estimate of drug-likeness (QED) is 0.437. The van der Waals surface area contributed by atoms with E-state index >= 15 is 0 Å². The minimum absolute atomic E-state index is 0.324. The summed E-state index contributed by atoms with van der Waals surface area (Å²) in [6.45, 7) is 2.08. The van der Waals surface area contributed by atoms with Gasteiger partial charge in [-0.25, -0.2) is 4.79 Å². The molecule has 0 amide bonds. The highest BCUT2D eigenvalue weighted by atomic mass is 16.6. The predicted octanol–water partition coefficient (Wildman–Crippen LogP) is 2.39. The maximum atomic E-state index is 11.1. The smallest absolute Gasteiger partial charge is 0.381 e. The van der Waals surface area contributed by atoms with E-state index in [1.54, 1.807) is 0 Å². The molecule has 0 aliphatic carbocycles. The Labute approximate surface area is 105 Å². The van der Waals surface area contributed by atoms with E-state index < -0.39 is 16.9 Å². The Morgan fingerprint density at radius 1 is 1.56 bits per heavy atom. The summed E-state index contributed by atoms with van der Waals surface area (Å²) in [7, 11) is 0. The van der Waals surface area contributed by atoms with Crippen molar-refractivity contribution in [1.82, 2.24) is 9.55 Å². The minimum Gasteiger partial charge on any atom is -0.480 e. The van der Waals surface area contributed by atoms with Crippen molar-refractivity contribution in [2.75, 3.05) is 0 Å². The first-order valence-corrected chi connectivity index (χ1v) is 5.97. The van der Waals surface area contributed by atoms with Crippen LogP contribution in [-0.2, 0) is 4.79 Å². The standard InChI is InChI=1S/C11H17N3O4/c1-2-3-4-5-6-9(11(15)16)13-7-10(12-8-13)14(17)18/h7-9H,2-6H2,1H3,(H,15,16). The molecule has 0 spiro atoms. The molecule has 7 heteroatoms. The number of nitrogens with zero attached hydrogens (tertiary/aromatic N) is 3. The van der Waals surface area contributed by atoms with Gasteiger partial charge >= 0.3 is 11.8 Å². The van der Waals surface area contributed by atoms with Crippen LogP contribution in [0.4, 0.5) is 5.82 Å². The Morgan fingerprint density at radius 3 is 2.78 bits per heavy atom. The summed E-state index contributed by atoms with van der Waals surface area (Å²) < 4.78 is 1.30. The lowest BCUT2D eigenvalue weighted by Crippen LogP contribution is -2.17. The molecule has 1 N–H and O–H groups in total. The van der Waals surface area contributed by atoms with Crippen LogP contribution in [0.25, 0.3) is 0 Å². The van der Waals surface area contributed by atoms with Crippen LogP contribution < -0.4 is 0 Å². The van der Waals surface area contributed by atoms with Gasteiger partial charge in [-0.2, -0.15) is 0 Å². The molecule has 1 rings (SSSR count). The molecule has 1 heterocycles. The molecule has 0 radical (unpaired) electrons. The van der Waals surface area contributed by atoms with E-state index in [0.29, 0.717) is 6.42 Å². The molecule has 0 aliphatic rings. The van der Waals surface area contributed by atoms with Crippen LogP contribution in [0.2, 0.25) is 0 Å². The van der Waals surface area contributed by atoms with Gasteiger partial charge in [-0.3, -0.25) is 4.57 Å². The van der Waals surface area contributed by atoms with E-state index in [1.165, 1.54) is 17.1 Å². The van der Waals surface area contributed by atoms with Crippen LogP contribution in [0.3, 0.4) is 0 Å². The van der Waals surface area contributed by atoms with Crippen LogP contribution in [-0.4, -0.2) is 25.6 Å². The molecule has 0 bridgehead atoms. The number of unbranched alkanes of at least 4 members (excludes halogenated alkanes) is 3. The number of aromatic nitrogens is 2. The molecular formula is C11H17N3O4. The van der Waals surface area contributed by atoms with Gasteiger partial charge < -0.3 is 15.2 Å². The van der Waals surface area contributed by atoms with Gasteiger partial charge in [-0.15, -0.1) is 0 Å². The number of imidazole rings is 1. The van der Waals surface area contributed by atoms with Crippen molar-refractivity contribution in [2.45, 2.75) is 45.1 Å². The SMILES string of the molecule is CCCCCCC(C(=O)O)n1cnc([N+](=O)[O-])c1. The summed E-state index contributed by atoms with van der Waals surface area (Å²) >= 11 is 0. The number of nitro groups is 1. The van der Waals surface area contributed by atoms with Crippen LogP contribution in [0.1, 0.15) is 45.1 Å². The molecule has 1 atom stereocenters. The fraction of sp³-hybridized carbons (Fsp3) is 0.636. The molecule has 0 aromatic carbocycles. The monoisotopic (exact) mass is 255 g/mol. The zero-order chi connectivity index (χ0) is 13.5. The number of carbonyl (C=O) groups is 1. The number of hydrogen-bond donors (Lipinski definition) is 1. The Morgan fingerprint density at radius 2 is 2.28 bits per heavy atom. The van der Waals surface area contributed by atoms with Crippen LogP contribution >= 0.6 is 0 Å². The van der Waals surface area contributed by atoms with E-state index in [2.05, 4.69) is 11.9 Å². The van der Waals surface area contributed by atoms with Gasteiger partial charge in [-0.1, -0.05) is 32.6 Å². The van der Waals surface area contributed by atoms with Crippen molar-refractivity contribution in [3.63, 3.8) is 0 Å². The molecule has 1 unspecified atom stereocenters. The van der Waals surface area contributed by atoms with Crippen LogP contribution in [0, 0.1) is 10.1 Å². The van der Waals surface area contributed by atoms with E-state index in [0.717, 1.165) is 25.7 Å². The molecule has 0 saturated carbocycles. The van der Waals surface area contributed by atoms with Crippen molar-refractivity contribution in [2.24, 2.45) is 0 Å². The van der Waals surface area contributed by atoms with Gasteiger partial charge in [0.2, 0.25) is 6.33 Å². The highest BCUT2D eigenvalue weighted by Gasteiger charge is 2.22. The normalized spacial score (nSPS) is 12.3. The molecular weight excluding hydrogens is 238 g/mol. The average molecular weight is 255 g/mol. The van der Waals surface area contributed by atoms with Gasteiger partial charge in [0.15, 0.2) is 0 Å². The first-order valence-electron chi connectivity index (χ1n) is 5.97. The molecule has 0 saturated heterocycles. The zero-order valence-electron chi connectivity index (χ0n) is 10.3. The van der Waals surface area contributed by atoms with Gasteiger partial charge in [0, 0.05) is 0 Å². The lowest BCUT2D eigenvalue weighted by atomic mass is 10.1. The number of carboxylic acids is 1. The largest absolute Gasteiger partial charge is 0.480 e. The van der Waals surface area contributed by atoms with E-state index in [9.17, 15) is 14.9 Å². The third-order valence-electron chi connectivity index (χ3n) is 2.75. The van der Waals surface area contributed by atoms with Gasteiger partial charge in [0.25, 0.3) is 0 Å². The lowest BCUT2D eigenvalue weighted by molar-refractivity contribution is -0.389. The molecule has 0 fully saturated rings. The lowest BCUT2D eigenvalue weighted by Gasteiger charge is -2.11. The average Bonchev–Trinajstić information content (AvgIpc) is 2.77. The Hall–Kier alpha value is -1.92. The number of rotatable bonds is 8. The predicted molar refractivity (Wildman–Crippen MR) is 64.3 cm³/mol. The van der Waals surface area contributed by atoms with Gasteiger partial charge in [0.05, 0.1) is 0 Å². The summed E-state index contributed by atoms with van der Waals surface area (Å²) in [6.07, 6.45) is 6.73. The molecule has 7 nitrogen and oxygen atoms in total. The Balaban J connectivity index is 2.65. The van der Waals surface area contributed by atoms with E-state index in [4.69, 9.17) is 5.11 Å². The summed E-state index contributed by atoms with van der Waals surface area (Å²) in [5, 5.41) is 19.6. The molecule has 1 aromatic heterocycles. The maximum Gasteiger partial charge on any atom is 0.381 e. The third-order valence-corrected chi connectivity index (χ3v) is 2.75. The fourth-order valence-corrected chi connectivity index (χ4v) is 1.76. The molecule has 1 aromatic rings. The van der Waals surface area contributed by atoms with E-state index in [1.807, 2.05) is 0 Å². The Kier molecular flexibility index (Phi) is 5.29. The maximum absolute atomic E-state index is 11.1. The first kappa shape index (κ1) is 14.1.